The summed E-state index contributed by atoms with van der Waals surface area (Å²) in [6, 6.07) is 5.43. The molecule has 0 aliphatic carbocycles. The summed E-state index contributed by atoms with van der Waals surface area (Å²) in [6.07, 6.45) is 3.56. The van der Waals surface area contributed by atoms with E-state index in [1.807, 2.05) is 6.07 Å². The number of nitrogens with zero attached hydrogens (tertiary/aromatic N) is 1. The Balaban J connectivity index is 2.20. The number of hydrogen-bond acceptors (Lipinski definition) is 4. The van der Waals surface area contributed by atoms with Crippen LogP contribution in [0.4, 0.5) is 5.69 Å². The lowest BCUT2D eigenvalue weighted by molar-refractivity contribution is -0.116. The van der Waals surface area contributed by atoms with Gasteiger partial charge in [-0.2, -0.15) is 0 Å². The van der Waals surface area contributed by atoms with Crippen LogP contribution in [0.25, 0.3) is 0 Å². The van der Waals surface area contributed by atoms with E-state index in [2.05, 4.69) is 10.3 Å². The number of carbonyl (C=O) groups excluding carboxylic acids is 1. The topological polar surface area (TPSA) is 60.5 Å². The first-order chi connectivity index (χ1) is 10.6. The molecule has 1 aromatic carbocycles. The Hall–Kier alpha value is -2.27. The third-order valence-electron chi connectivity index (χ3n) is 3.76. The second kappa shape index (κ2) is 5.85. The highest BCUT2D eigenvalue weighted by Gasteiger charge is 2.31. The Morgan fingerprint density at radius 3 is 2.82 bits per heavy atom. The maximum Gasteiger partial charge on any atom is 0.225 e. The fourth-order valence-corrected chi connectivity index (χ4v) is 3.02. The lowest BCUT2D eigenvalue weighted by Crippen LogP contribution is -2.24. The molecule has 22 heavy (non-hydrogen) atoms. The number of ether oxygens (including phenoxy) is 2. The van der Waals surface area contributed by atoms with Crippen molar-refractivity contribution in [3.63, 3.8) is 0 Å². The van der Waals surface area contributed by atoms with Gasteiger partial charge in [0.25, 0.3) is 0 Å². The van der Waals surface area contributed by atoms with Gasteiger partial charge in [-0.05, 0) is 11.6 Å². The van der Waals surface area contributed by atoms with Gasteiger partial charge in [0.1, 0.15) is 11.5 Å². The summed E-state index contributed by atoms with van der Waals surface area (Å²) in [5.41, 5.74) is 2.44. The van der Waals surface area contributed by atoms with Crippen molar-refractivity contribution >= 4 is 23.2 Å². The summed E-state index contributed by atoms with van der Waals surface area (Å²) in [6.45, 7) is 0. The number of methoxy groups -OCH3 is 2. The van der Waals surface area contributed by atoms with E-state index < -0.39 is 0 Å². The fourth-order valence-electron chi connectivity index (χ4n) is 2.77. The standard InChI is InChI=1S/C16H15ClN2O3/c1-21-9-5-13-16(14(6-9)22-2)11(7-15(20)19-13)10-3-4-18-8-12(10)17/h3-6,8,11H,7H2,1-2H3,(H,19,20). The second-order valence-electron chi connectivity index (χ2n) is 4.99. The molecular weight excluding hydrogens is 304 g/mol. The van der Waals surface area contributed by atoms with Crippen LogP contribution in [0.3, 0.4) is 0 Å². The van der Waals surface area contributed by atoms with Crippen molar-refractivity contribution in [3.05, 3.63) is 46.7 Å². The zero-order valence-corrected chi connectivity index (χ0v) is 13.0. The summed E-state index contributed by atoms with van der Waals surface area (Å²) in [4.78, 5) is 16.1. The van der Waals surface area contributed by atoms with Crippen molar-refractivity contribution in [2.45, 2.75) is 12.3 Å². The molecule has 1 unspecified atom stereocenters. The summed E-state index contributed by atoms with van der Waals surface area (Å²) in [5.74, 6) is 1.03. The molecule has 6 heteroatoms. The van der Waals surface area contributed by atoms with Crippen molar-refractivity contribution in [2.75, 3.05) is 19.5 Å². The minimum atomic E-state index is -0.180. The fraction of sp³-hybridized carbons (Fsp3) is 0.250. The number of fused-ring (bicyclic) bond motifs is 1. The Bertz CT molecular complexity index is 733. The smallest absolute Gasteiger partial charge is 0.225 e. The average molecular weight is 319 g/mol. The van der Waals surface area contributed by atoms with E-state index in [-0.39, 0.29) is 11.8 Å². The summed E-state index contributed by atoms with van der Waals surface area (Å²) in [5, 5.41) is 3.40. The van der Waals surface area contributed by atoms with Crippen molar-refractivity contribution in [3.8, 4) is 11.5 Å². The number of carbonyl (C=O) groups is 1. The van der Waals surface area contributed by atoms with Gasteiger partial charge in [0.15, 0.2) is 0 Å². The van der Waals surface area contributed by atoms with Crippen molar-refractivity contribution < 1.29 is 14.3 Å². The van der Waals surface area contributed by atoms with Crippen molar-refractivity contribution in [1.29, 1.82) is 0 Å². The summed E-state index contributed by atoms with van der Waals surface area (Å²) < 4.78 is 10.7. The van der Waals surface area contributed by atoms with E-state index in [0.717, 1.165) is 11.1 Å². The number of hydrogen-bond donors (Lipinski definition) is 1. The molecule has 1 aromatic heterocycles. The van der Waals surface area contributed by atoms with Crippen LogP contribution in [-0.4, -0.2) is 25.1 Å². The third kappa shape index (κ3) is 2.48. The van der Waals surface area contributed by atoms with E-state index in [0.29, 0.717) is 28.6 Å². The van der Waals surface area contributed by atoms with E-state index in [4.69, 9.17) is 21.1 Å². The number of anilines is 1. The summed E-state index contributed by atoms with van der Waals surface area (Å²) in [7, 11) is 3.17. The SMILES string of the molecule is COc1cc2c(c(OC)c1)C(c1ccncc1Cl)CC(=O)N2. The van der Waals surface area contributed by atoms with Crippen LogP contribution in [-0.2, 0) is 4.79 Å². The highest BCUT2D eigenvalue weighted by atomic mass is 35.5. The van der Waals surface area contributed by atoms with Gasteiger partial charge in [-0.1, -0.05) is 11.6 Å². The molecule has 2 aromatic rings. The molecule has 0 radical (unpaired) electrons. The minimum absolute atomic E-state index is 0.0688. The molecule has 1 aliphatic heterocycles. The number of nitrogens with one attached hydrogen (secondary N) is 1. The highest BCUT2D eigenvalue weighted by molar-refractivity contribution is 6.31. The maximum absolute atomic E-state index is 12.1. The predicted octanol–water partition coefficient (Wildman–Crippen LogP) is 3.23. The van der Waals surface area contributed by atoms with E-state index >= 15 is 0 Å². The Morgan fingerprint density at radius 1 is 1.32 bits per heavy atom. The van der Waals surface area contributed by atoms with E-state index in [1.165, 1.54) is 0 Å². The monoisotopic (exact) mass is 318 g/mol. The van der Waals surface area contributed by atoms with Gasteiger partial charge in [-0.3, -0.25) is 9.78 Å². The number of pyridine rings is 1. The van der Waals surface area contributed by atoms with Crippen LogP contribution >= 0.6 is 11.6 Å². The number of halogens is 1. The van der Waals surface area contributed by atoms with Crippen LogP contribution < -0.4 is 14.8 Å². The number of amides is 1. The molecule has 1 atom stereocenters. The Morgan fingerprint density at radius 2 is 2.14 bits per heavy atom. The molecule has 114 valence electrons. The molecule has 3 rings (SSSR count). The highest BCUT2D eigenvalue weighted by Crippen LogP contribution is 2.46. The first-order valence-corrected chi connectivity index (χ1v) is 7.17. The largest absolute Gasteiger partial charge is 0.497 e. The van der Waals surface area contributed by atoms with Gasteiger partial charge >= 0.3 is 0 Å². The lowest BCUT2D eigenvalue weighted by Gasteiger charge is -2.28. The molecule has 1 N–H and O–H groups in total. The molecule has 2 heterocycles. The normalized spacial score (nSPS) is 16.7. The van der Waals surface area contributed by atoms with E-state index in [9.17, 15) is 4.79 Å². The van der Waals surface area contributed by atoms with Gasteiger partial charge in [0.05, 0.1) is 24.9 Å². The van der Waals surface area contributed by atoms with Gasteiger partial charge in [0.2, 0.25) is 5.91 Å². The lowest BCUT2D eigenvalue weighted by atomic mass is 9.84. The zero-order chi connectivity index (χ0) is 15.7. The molecule has 0 saturated carbocycles. The molecular formula is C16H15ClN2O3. The minimum Gasteiger partial charge on any atom is -0.497 e. The maximum atomic E-state index is 12.1. The van der Waals surface area contributed by atoms with Crippen molar-refractivity contribution in [2.24, 2.45) is 0 Å². The van der Waals surface area contributed by atoms with Crippen LogP contribution in [0.5, 0.6) is 11.5 Å². The first kappa shape index (κ1) is 14.7. The molecule has 0 fully saturated rings. The quantitative estimate of drug-likeness (QED) is 0.944. The third-order valence-corrected chi connectivity index (χ3v) is 4.08. The zero-order valence-electron chi connectivity index (χ0n) is 12.2. The van der Waals surface area contributed by atoms with Gasteiger partial charge in [-0.15, -0.1) is 0 Å². The average Bonchev–Trinajstić information content (AvgIpc) is 2.53. The predicted molar refractivity (Wildman–Crippen MR) is 83.9 cm³/mol. The number of rotatable bonds is 3. The van der Waals surface area contributed by atoms with Crippen LogP contribution in [0.1, 0.15) is 23.5 Å². The summed E-state index contributed by atoms with van der Waals surface area (Å²) >= 11 is 6.27. The molecule has 0 saturated heterocycles. The van der Waals surface area contributed by atoms with Crippen molar-refractivity contribution in [1.82, 2.24) is 4.98 Å². The Labute approximate surface area is 133 Å². The molecule has 5 nitrogen and oxygen atoms in total. The first-order valence-electron chi connectivity index (χ1n) is 6.79. The van der Waals surface area contributed by atoms with Crippen LogP contribution in [0.2, 0.25) is 5.02 Å². The van der Waals surface area contributed by atoms with Gasteiger partial charge < -0.3 is 14.8 Å². The molecule has 0 spiro atoms. The molecule has 0 bridgehead atoms. The van der Waals surface area contributed by atoms with Gasteiger partial charge in [-0.25, -0.2) is 0 Å². The number of aromatic nitrogens is 1. The molecule has 1 amide bonds. The van der Waals surface area contributed by atoms with E-state index in [1.54, 1.807) is 38.7 Å². The number of benzene rings is 1. The van der Waals surface area contributed by atoms with Crippen LogP contribution in [0.15, 0.2) is 30.6 Å². The van der Waals surface area contributed by atoms with Gasteiger partial charge in [0, 0.05) is 42.4 Å². The van der Waals surface area contributed by atoms with Crippen LogP contribution in [0, 0.1) is 0 Å². The second-order valence-corrected chi connectivity index (χ2v) is 5.40. The Kier molecular flexibility index (Phi) is 3.90. The molecule has 1 aliphatic rings.